The fourth-order valence-electron chi connectivity index (χ4n) is 4.78. The first kappa shape index (κ1) is 24.6. The third-order valence-corrected chi connectivity index (χ3v) is 6.59. The second kappa shape index (κ2) is 9.76. The van der Waals surface area contributed by atoms with Gasteiger partial charge in [0.25, 0.3) is 5.56 Å². The van der Waals surface area contributed by atoms with Crippen molar-refractivity contribution >= 4 is 11.6 Å². The molecule has 0 bridgehead atoms. The van der Waals surface area contributed by atoms with Crippen LogP contribution in [0.3, 0.4) is 0 Å². The molecule has 0 aliphatic heterocycles. The molecule has 2 heterocycles. The van der Waals surface area contributed by atoms with Gasteiger partial charge in [-0.05, 0) is 61.2 Å². The summed E-state index contributed by atoms with van der Waals surface area (Å²) in [6.45, 7) is 0. The van der Waals surface area contributed by atoms with Crippen molar-refractivity contribution in [2.45, 2.75) is 44.2 Å². The normalized spacial score (nSPS) is 14.6. The van der Waals surface area contributed by atoms with E-state index >= 15 is 0 Å². The maximum absolute atomic E-state index is 13.6. The minimum atomic E-state index is -4.47. The quantitative estimate of drug-likeness (QED) is 0.316. The lowest BCUT2D eigenvalue weighted by Crippen LogP contribution is -2.25. The summed E-state index contributed by atoms with van der Waals surface area (Å²) in [5.74, 6) is -0.186. The minimum absolute atomic E-state index is 0.0200. The molecule has 2 aromatic carbocycles. The molecular weight excluding hydrogens is 487 g/mol. The zero-order valence-electron chi connectivity index (χ0n) is 20.0. The van der Waals surface area contributed by atoms with Crippen molar-refractivity contribution in [3.8, 4) is 22.8 Å². The molecule has 0 saturated heterocycles. The van der Waals surface area contributed by atoms with Crippen LogP contribution in [0.25, 0.3) is 16.9 Å². The summed E-state index contributed by atoms with van der Waals surface area (Å²) in [5, 5.41) is 2.79. The van der Waals surface area contributed by atoms with E-state index in [4.69, 9.17) is 14.5 Å². The molecule has 5 rings (SSSR count). The number of ether oxygens (including phenoxy) is 2. The highest BCUT2D eigenvalue weighted by Gasteiger charge is 2.31. The molecule has 1 aliphatic carbocycles. The molecule has 37 heavy (non-hydrogen) atoms. The van der Waals surface area contributed by atoms with E-state index in [1.54, 1.807) is 24.3 Å². The molecule has 0 radical (unpaired) electrons. The number of carbonyl (C=O) groups excluding carboxylic acids is 1. The molecular formula is C27H24F3N3O4. The van der Waals surface area contributed by atoms with E-state index in [1.807, 2.05) is 0 Å². The average Bonchev–Trinajstić information content (AvgIpc) is 3.34. The van der Waals surface area contributed by atoms with Crippen LogP contribution in [0.2, 0.25) is 0 Å². The van der Waals surface area contributed by atoms with Gasteiger partial charge in [-0.15, -0.1) is 0 Å². The number of halogens is 3. The number of esters is 1. The second-order valence-electron chi connectivity index (χ2n) is 9.02. The fourth-order valence-corrected chi connectivity index (χ4v) is 4.78. The van der Waals surface area contributed by atoms with Gasteiger partial charge in [-0.2, -0.15) is 13.2 Å². The number of nitrogens with zero attached hydrogens (tertiary/aromatic N) is 2. The van der Waals surface area contributed by atoms with Crippen LogP contribution in [0.4, 0.5) is 13.2 Å². The lowest BCUT2D eigenvalue weighted by molar-refractivity contribution is -0.137. The Bertz CT molecular complexity index is 1500. The van der Waals surface area contributed by atoms with Crippen LogP contribution in [-0.4, -0.2) is 27.7 Å². The Morgan fingerprint density at radius 2 is 1.76 bits per heavy atom. The van der Waals surface area contributed by atoms with E-state index in [0.29, 0.717) is 22.6 Å². The van der Waals surface area contributed by atoms with E-state index in [-0.39, 0.29) is 28.6 Å². The fraction of sp³-hybridized carbons (Fsp3) is 0.296. The number of rotatable bonds is 5. The molecule has 0 spiro atoms. The molecule has 2 aromatic heterocycles. The van der Waals surface area contributed by atoms with Crippen molar-refractivity contribution in [2.75, 3.05) is 7.11 Å². The maximum Gasteiger partial charge on any atom is 0.416 e. The van der Waals surface area contributed by atoms with Gasteiger partial charge >= 0.3 is 12.1 Å². The van der Waals surface area contributed by atoms with Gasteiger partial charge in [0, 0.05) is 17.2 Å². The van der Waals surface area contributed by atoms with Gasteiger partial charge in [0.15, 0.2) is 5.65 Å². The lowest BCUT2D eigenvalue weighted by atomic mass is 9.83. The molecule has 0 atom stereocenters. The second-order valence-corrected chi connectivity index (χ2v) is 9.02. The SMILES string of the molecule is COC(=O)c1cc2nc(-c3ccc(Oc4cccc(C(F)(F)F)c4)cc3)c(C3CCCCC3)c(=O)n2[nH]1. The van der Waals surface area contributed by atoms with Crippen LogP contribution in [0, 0.1) is 0 Å². The molecule has 1 fully saturated rings. The van der Waals surface area contributed by atoms with Crippen LogP contribution in [0.1, 0.15) is 59.6 Å². The first-order valence-electron chi connectivity index (χ1n) is 11.9. The molecule has 10 heteroatoms. The summed E-state index contributed by atoms with van der Waals surface area (Å²) in [5.41, 5.74) is 1.08. The number of carbonyl (C=O) groups is 1. The van der Waals surface area contributed by atoms with Crippen molar-refractivity contribution in [2.24, 2.45) is 0 Å². The average molecular weight is 512 g/mol. The van der Waals surface area contributed by atoms with E-state index in [1.165, 1.54) is 29.8 Å². The Morgan fingerprint density at radius 1 is 1.03 bits per heavy atom. The summed E-state index contributed by atoms with van der Waals surface area (Å²) in [6.07, 6.45) is 0.374. The Morgan fingerprint density at radius 3 is 2.43 bits per heavy atom. The number of hydrogen-bond donors (Lipinski definition) is 1. The van der Waals surface area contributed by atoms with E-state index in [2.05, 4.69) is 5.10 Å². The van der Waals surface area contributed by atoms with Gasteiger partial charge in [-0.25, -0.2) is 14.3 Å². The number of alkyl halides is 3. The predicted molar refractivity (Wildman–Crippen MR) is 130 cm³/mol. The maximum atomic E-state index is 13.6. The first-order valence-corrected chi connectivity index (χ1v) is 11.9. The summed E-state index contributed by atoms with van der Waals surface area (Å²) in [4.78, 5) is 30.3. The predicted octanol–water partition coefficient (Wildman–Crippen LogP) is 6.34. The topological polar surface area (TPSA) is 85.7 Å². The number of aromatic nitrogens is 3. The number of H-pyrrole nitrogens is 1. The van der Waals surface area contributed by atoms with Crippen LogP contribution in [0.5, 0.6) is 11.5 Å². The zero-order valence-corrected chi connectivity index (χ0v) is 20.0. The smallest absolute Gasteiger partial charge is 0.416 e. The summed E-state index contributed by atoms with van der Waals surface area (Å²) < 4.78 is 50.8. The largest absolute Gasteiger partial charge is 0.464 e. The number of aromatic amines is 1. The Kier molecular flexibility index (Phi) is 6.49. The highest BCUT2D eigenvalue weighted by molar-refractivity contribution is 5.88. The molecule has 192 valence electrons. The molecule has 0 amide bonds. The van der Waals surface area contributed by atoms with Crippen molar-refractivity contribution in [3.05, 3.63) is 81.8 Å². The van der Waals surface area contributed by atoms with Crippen LogP contribution in [0.15, 0.2) is 59.4 Å². The monoisotopic (exact) mass is 511 g/mol. The van der Waals surface area contributed by atoms with Crippen molar-refractivity contribution < 1.29 is 27.4 Å². The van der Waals surface area contributed by atoms with E-state index in [0.717, 1.165) is 44.2 Å². The number of methoxy groups -OCH3 is 1. The van der Waals surface area contributed by atoms with Gasteiger partial charge < -0.3 is 9.47 Å². The van der Waals surface area contributed by atoms with Gasteiger partial charge in [-0.1, -0.05) is 25.3 Å². The third-order valence-electron chi connectivity index (χ3n) is 6.59. The Balaban J connectivity index is 1.53. The van der Waals surface area contributed by atoms with Crippen molar-refractivity contribution in [3.63, 3.8) is 0 Å². The number of hydrogen-bond acceptors (Lipinski definition) is 5. The standard InChI is InChI=1S/C27H24F3N3O4/c1-36-26(35)21-15-22-31-24(23(25(34)33(22)32-21)16-6-3-2-4-7-16)17-10-12-19(13-11-17)37-20-9-5-8-18(14-20)27(28,29)30/h5,8-16,32H,2-4,6-7H2,1H3. The molecule has 7 nitrogen and oxygen atoms in total. The van der Waals surface area contributed by atoms with Gasteiger partial charge in [-0.3, -0.25) is 9.89 Å². The highest BCUT2D eigenvalue weighted by atomic mass is 19.4. The number of benzene rings is 2. The summed E-state index contributed by atoms with van der Waals surface area (Å²) in [6, 6.07) is 12.8. The number of fused-ring (bicyclic) bond motifs is 1. The summed E-state index contributed by atoms with van der Waals surface area (Å²) in [7, 11) is 1.26. The van der Waals surface area contributed by atoms with E-state index in [9.17, 15) is 22.8 Å². The van der Waals surface area contributed by atoms with Gasteiger partial charge in [0.05, 0.1) is 18.4 Å². The number of nitrogens with one attached hydrogen (secondary N) is 1. The van der Waals surface area contributed by atoms with Crippen LogP contribution < -0.4 is 10.3 Å². The lowest BCUT2D eigenvalue weighted by Gasteiger charge is -2.23. The zero-order chi connectivity index (χ0) is 26.2. The Labute approximate surface area is 209 Å². The summed E-state index contributed by atoms with van der Waals surface area (Å²) >= 11 is 0. The highest BCUT2D eigenvalue weighted by Crippen LogP contribution is 2.37. The molecule has 1 N–H and O–H groups in total. The molecule has 0 unspecified atom stereocenters. The third kappa shape index (κ3) is 4.96. The van der Waals surface area contributed by atoms with Gasteiger partial charge in [0.2, 0.25) is 0 Å². The van der Waals surface area contributed by atoms with Crippen molar-refractivity contribution in [1.29, 1.82) is 0 Å². The molecule has 4 aromatic rings. The molecule has 1 saturated carbocycles. The Hall–Kier alpha value is -4.08. The minimum Gasteiger partial charge on any atom is -0.464 e. The van der Waals surface area contributed by atoms with Crippen LogP contribution >= 0.6 is 0 Å². The molecule has 1 aliphatic rings. The van der Waals surface area contributed by atoms with Gasteiger partial charge in [0.1, 0.15) is 17.2 Å². The van der Waals surface area contributed by atoms with Crippen LogP contribution in [-0.2, 0) is 10.9 Å². The first-order chi connectivity index (χ1) is 17.7. The van der Waals surface area contributed by atoms with E-state index < -0.39 is 17.7 Å². The van der Waals surface area contributed by atoms with Crippen molar-refractivity contribution in [1.82, 2.24) is 14.6 Å².